The number of aromatic nitrogens is 2. The van der Waals surface area contributed by atoms with E-state index in [9.17, 15) is 4.79 Å². The lowest BCUT2D eigenvalue weighted by Gasteiger charge is -2.17. The van der Waals surface area contributed by atoms with Gasteiger partial charge in [-0.05, 0) is 30.2 Å². The van der Waals surface area contributed by atoms with Crippen LogP contribution in [0.4, 0.5) is 5.82 Å². The van der Waals surface area contributed by atoms with E-state index in [2.05, 4.69) is 11.9 Å². The fourth-order valence-corrected chi connectivity index (χ4v) is 3.46. The molecule has 0 unspecified atom stereocenters. The molecule has 1 aromatic carbocycles. The lowest BCUT2D eigenvalue weighted by molar-refractivity contribution is 0.385. The molecule has 6 heteroatoms. The normalized spacial score (nSPS) is 10.9. The first kappa shape index (κ1) is 19.7. The van der Waals surface area contributed by atoms with Gasteiger partial charge in [0, 0.05) is 50.0 Å². The van der Waals surface area contributed by atoms with Gasteiger partial charge >= 0.3 is 0 Å². The van der Waals surface area contributed by atoms with Gasteiger partial charge in [0.05, 0.1) is 19.6 Å². The molecule has 3 rings (SSSR count). The Hall–Kier alpha value is -3.02. The Bertz CT molecular complexity index is 1050. The number of pyridine rings is 2. The molecule has 0 amide bonds. The van der Waals surface area contributed by atoms with Crippen molar-refractivity contribution >= 4 is 16.6 Å². The predicted molar refractivity (Wildman–Crippen MR) is 114 cm³/mol. The van der Waals surface area contributed by atoms with Crippen molar-refractivity contribution < 1.29 is 9.47 Å². The zero-order chi connectivity index (χ0) is 20.4. The van der Waals surface area contributed by atoms with Crippen molar-refractivity contribution in [2.45, 2.75) is 19.8 Å². The van der Waals surface area contributed by atoms with Crippen molar-refractivity contribution in [1.82, 2.24) is 9.55 Å². The molecule has 148 valence electrons. The summed E-state index contributed by atoms with van der Waals surface area (Å²) in [6.07, 6.45) is 5.37. The first-order valence-electron chi connectivity index (χ1n) is 9.33. The third-order valence-electron chi connectivity index (χ3n) is 4.93. The van der Waals surface area contributed by atoms with E-state index in [1.165, 1.54) is 0 Å². The van der Waals surface area contributed by atoms with Crippen molar-refractivity contribution in [2.75, 3.05) is 33.2 Å². The molecule has 6 nitrogen and oxygen atoms in total. The molecule has 0 saturated heterocycles. The molecule has 0 spiro atoms. The second-order valence-corrected chi connectivity index (χ2v) is 7.05. The Balaban J connectivity index is 2.35. The predicted octanol–water partition coefficient (Wildman–Crippen LogP) is 3.64. The summed E-state index contributed by atoms with van der Waals surface area (Å²) in [5.74, 6) is 2.38. The molecule has 0 bridgehead atoms. The summed E-state index contributed by atoms with van der Waals surface area (Å²) in [6.45, 7) is 2.13. The highest BCUT2D eigenvalue weighted by Gasteiger charge is 2.17. The number of hydrogen-bond acceptors (Lipinski definition) is 5. The van der Waals surface area contributed by atoms with E-state index in [0.29, 0.717) is 5.39 Å². The first-order chi connectivity index (χ1) is 13.4. The van der Waals surface area contributed by atoms with Crippen LogP contribution in [0.5, 0.6) is 11.5 Å². The van der Waals surface area contributed by atoms with Crippen LogP contribution < -0.4 is 19.9 Å². The molecule has 0 radical (unpaired) electrons. The highest BCUT2D eigenvalue weighted by atomic mass is 16.5. The van der Waals surface area contributed by atoms with Gasteiger partial charge in [0.1, 0.15) is 17.3 Å². The molecule has 0 saturated carbocycles. The van der Waals surface area contributed by atoms with Crippen LogP contribution in [0.2, 0.25) is 0 Å². The fourth-order valence-electron chi connectivity index (χ4n) is 3.46. The smallest absolute Gasteiger partial charge is 0.259 e. The zero-order valence-corrected chi connectivity index (χ0v) is 17.4. The minimum absolute atomic E-state index is 0.0712. The average molecular weight is 381 g/mol. The second-order valence-electron chi connectivity index (χ2n) is 7.05. The number of aryl methyl sites for hydroxylation is 1. The molecule has 0 aliphatic heterocycles. The van der Waals surface area contributed by atoms with Crippen LogP contribution in [0.25, 0.3) is 21.9 Å². The molecule has 28 heavy (non-hydrogen) atoms. The quantitative estimate of drug-likeness (QED) is 0.653. The highest BCUT2D eigenvalue weighted by Crippen LogP contribution is 2.38. The van der Waals surface area contributed by atoms with Crippen LogP contribution in [0.3, 0.4) is 0 Å². The number of benzene rings is 1. The monoisotopic (exact) mass is 381 g/mol. The topological polar surface area (TPSA) is 56.6 Å². The van der Waals surface area contributed by atoms with E-state index in [1.54, 1.807) is 32.0 Å². The largest absolute Gasteiger partial charge is 0.496 e. The molecule has 0 fully saturated rings. The Labute approximate surface area is 165 Å². The van der Waals surface area contributed by atoms with Crippen molar-refractivity contribution in [1.29, 1.82) is 0 Å². The summed E-state index contributed by atoms with van der Waals surface area (Å²) in [4.78, 5) is 19.0. The number of hydrogen-bond donors (Lipinski definition) is 0. The van der Waals surface area contributed by atoms with Gasteiger partial charge < -0.3 is 18.9 Å². The average Bonchev–Trinajstić information content (AvgIpc) is 2.70. The van der Waals surface area contributed by atoms with Crippen molar-refractivity contribution in [3.8, 4) is 22.6 Å². The van der Waals surface area contributed by atoms with Gasteiger partial charge in [-0.25, -0.2) is 4.98 Å². The van der Waals surface area contributed by atoms with E-state index >= 15 is 0 Å². The molecule has 0 aliphatic carbocycles. The summed E-state index contributed by atoms with van der Waals surface area (Å²) in [6, 6.07) is 5.98. The summed E-state index contributed by atoms with van der Waals surface area (Å²) in [7, 11) is 8.96. The van der Waals surface area contributed by atoms with E-state index < -0.39 is 0 Å². The minimum atomic E-state index is -0.0712. The van der Waals surface area contributed by atoms with Gasteiger partial charge in [0.2, 0.25) is 0 Å². The molecule has 2 aromatic heterocycles. The number of rotatable bonds is 6. The van der Waals surface area contributed by atoms with Crippen LogP contribution in [-0.2, 0) is 13.5 Å². The first-order valence-corrected chi connectivity index (χ1v) is 9.33. The standard InChI is InChI=1S/C22H27N3O3/c1-7-8-15-19(27-5)9-14(10-20(15)28-6)18-13-25(4)22(26)17-12-23-21(24(2)3)11-16(17)18/h9-13H,7-8H2,1-6H3. The number of anilines is 1. The van der Waals surface area contributed by atoms with E-state index in [0.717, 1.165) is 52.2 Å². The summed E-state index contributed by atoms with van der Waals surface area (Å²) >= 11 is 0. The zero-order valence-electron chi connectivity index (χ0n) is 17.4. The lowest BCUT2D eigenvalue weighted by atomic mass is 9.97. The van der Waals surface area contributed by atoms with Crippen LogP contribution in [-0.4, -0.2) is 37.9 Å². The molecule has 0 atom stereocenters. The van der Waals surface area contributed by atoms with Crippen molar-refractivity contribution in [2.24, 2.45) is 7.05 Å². The van der Waals surface area contributed by atoms with E-state index in [1.807, 2.05) is 43.4 Å². The van der Waals surface area contributed by atoms with Gasteiger partial charge in [-0.3, -0.25) is 4.79 Å². The number of methoxy groups -OCH3 is 2. The highest BCUT2D eigenvalue weighted by molar-refractivity contribution is 5.97. The molecular formula is C22H27N3O3. The fraction of sp³-hybridized carbons (Fsp3) is 0.364. The molecular weight excluding hydrogens is 354 g/mol. The Kier molecular flexibility index (Phi) is 5.58. The SMILES string of the molecule is CCCc1c(OC)cc(-c2cn(C)c(=O)c3cnc(N(C)C)cc23)cc1OC. The third-order valence-corrected chi connectivity index (χ3v) is 4.93. The van der Waals surface area contributed by atoms with Gasteiger partial charge in [-0.1, -0.05) is 13.3 Å². The Morgan fingerprint density at radius 1 is 1.07 bits per heavy atom. The molecule has 0 aliphatic rings. The van der Waals surface area contributed by atoms with Gasteiger partial charge in [-0.2, -0.15) is 0 Å². The van der Waals surface area contributed by atoms with E-state index in [4.69, 9.17) is 9.47 Å². The van der Waals surface area contributed by atoms with Gasteiger partial charge in [-0.15, -0.1) is 0 Å². The van der Waals surface area contributed by atoms with Crippen LogP contribution in [0.1, 0.15) is 18.9 Å². The lowest BCUT2D eigenvalue weighted by Crippen LogP contribution is -2.18. The maximum atomic E-state index is 12.6. The van der Waals surface area contributed by atoms with Crippen LogP contribution in [0, 0.1) is 0 Å². The van der Waals surface area contributed by atoms with Crippen molar-refractivity contribution in [3.63, 3.8) is 0 Å². The Morgan fingerprint density at radius 3 is 2.25 bits per heavy atom. The van der Waals surface area contributed by atoms with Gasteiger partial charge in [0.15, 0.2) is 0 Å². The molecule has 3 aromatic rings. The molecule has 2 heterocycles. The number of nitrogens with zero attached hydrogens (tertiary/aromatic N) is 3. The maximum absolute atomic E-state index is 12.6. The van der Waals surface area contributed by atoms with E-state index in [-0.39, 0.29) is 5.56 Å². The number of fused-ring (bicyclic) bond motifs is 1. The summed E-state index contributed by atoms with van der Waals surface area (Å²) in [5, 5.41) is 1.44. The summed E-state index contributed by atoms with van der Waals surface area (Å²) < 4.78 is 12.9. The second kappa shape index (κ2) is 7.92. The van der Waals surface area contributed by atoms with Crippen LogP contribution in [0.15, 0.2) is 35.4 Å². The Morgan fingerprint density at radius 2 is 1.71 bits per heavy atom. The maximum Gasteiger partial charge on any atom is 0.259 e. The minimum Gasteiger partial charge on any atom is -0.496 e. The summed E-state index contributed by atoms with van der Waals surface area (Å²) in [5.41, 5.74) is 2.85. The van der Waals surface area contributed by atoms with Crippen molar-refractivity contribution in [3.05, 3.63) is 46.5 Å². The molecule has 0 N–H and O–H groups in total. The number of ether oxygens (including phenoxy) is 2. The van der Waals surface area contributed by atoms with Gasteiger partial charge in [0.25, 0.3) is 5.56 Å². The third kappa shape index (κ3) is 3.42. The van der Waals surface area contributed by atoms with Crippen LogP contribution >= 0.6 is 0 Å².